The van der Waals surface area contributed by atoms with Crippen molar-refractivity contribution in [3.05, 3.63) is 29.8 Å². The second kappa shape index (κ2) is 7.87. The highest BCUT2D eigenvalue weighted by Crippen LogP contribution is 2.11. The van der Waals surface area contributed by atoms with E-state index < -0.39 is 0 Å². The molecule has 0 unspecified atom stereocenters. The summed E-state index contributed by atoms with van der Waals surface area (Å²) < 4.78 is 10.3. The van der Waals surface area contributed by atoms with Crippen molar-refractivity contribution in [3.63, 3.8) is 0 Å². The van der Waals surface area contributed by atoms with E-state index in [9.17, 15) is 4.79 Å². The van der Waals surface area contributed by atoms with Crippen molar-refractivity contribution >= 4 is 5.91 Å². The average Bonchev–Trinajstić information content (AvgIpc) is 2.53. The maximum Gasteiger partial charge on any atom is 0.236 e. The van der Waals surface area contributed by atoms with Gasteiger partial charge in [0.05, 0.1) is 26.9 Å². The van der Waals surface area contributed by atoms with E-state index in [-0.39, 0.29) is 5.91 Å². The molecule has 1 N–H and O–H groups in total. The van der Waals surface area contributed by atoms with Gasteiger partial charge in [0.15, 0.2) is 0 Å². The Morgan fingerprint density at radius 1 is 1.30 bits per heavy atom. The molecule has 0 aliphatic carbocycles. The van der Waals surface area contributed by atoms with E-state index in [1.54, 1.807) is 7.11 Å². The van der Waals surface area contributed by atoms with Crippen molar-refractivity contribution < 1.29 is 14.3 Å². The van der Waals surface area contributed by atoms with Gasteiger partial charge in [-0.05, 0) is 30.7 Å². The second-order valence-corrected chi connectivity index (χ2v) is 4.77. The molecular weight excluding hydrogens is 256 g/mol. The van der Waals surface area contributed by atoms with Gasteiger partial charge in [0.1, 0.15) is 5.75 Å². The summed E-state index contributed by atoms with van der Waals surface area (Å²) in [5.41, 5.74) is 1.23. The Kier molecular flexibility index (Phi) is 5.83. The molecule has 0 saturated carbocycles. The number of morpholine rings is 1. The first-order valence-corrected chi connectivity index (χ1v) is 6.99. The molecule has 1 heterocycles. The van der Waals surface area contributed by atoms with E-state index in [2.05, 4.69) is 5.32 Å². The number of nitrogens with zero attached hydrogens (tertiary/aromatic N) is 1. The summed E-state index contributed by atoms with van der Waals surface area (Å²) in [4.78, 5) is 13.7. The van der Waals surface area contributed by atoms with Gasteiger partial charge in [-0.25, -0.2) is 0 Å². The van der Waals surface area contributed by atoms with Crippen LogP contribution < -0.4 is 10.1 Å². The standard InChI is InChI=1S/C15H22N2O3/c1-19-14-4-2-13(3-5-14)6-7-16-12-15(18)17-8-10-20-11-9-17/h2-5,16H,6-12H2,1H3. The van der Waals surface area contributed by atoms with Gasteiger partial charge in [0.2, 0.25) is 5.91 Å². The fraction of sp³-hybridized carbons (Fsp3) is 0.533. The van der Waals surface area contributed by atoms with Crippen LogP contribution in [0.25, 0.3) is 0 Å². The lowest BCUT2D eigenvalue weighted by Gasteiger charge is -2.26. The van der Waals surface area contributed by atoms with E-state index in [1.807, 2.05) is 29.2 Å². The monoisotopic (exact) mass is 278 g/mol. The molecule has 1 aromatic carbocycles. The number of hydrogen-bond acceptors (Lipinski definition) is 4. The van der Waals surface area contributed by atoms with Crippen LogP contribution >= 0.6 is 0 Å². The van der Waals surface area contributed by atoms with Crippen LogP contribution in [0.4, 0.5) is 0 Å². The number of carbonyl (C=O) groups excluding carboxylic acids is 1. The van der Waals surface area contributed by atoms with Crippen molar-refractivity contribution in [2.24, 2.45) is 0 Å². The third-order valence-electron chi connectivity index (χ3n) is 3.39. The number of amides is 1. The smallest absolute Gasteiger partial charge is 0.236 e. The Bertz CT molecular complexity index is 414. The van der Waals surface area contributed by atoms with E-state index in [0.717, 1.165) is 18.7 Å². The van der Waals surface area contributed by atoms with E-state index in [4.69, 9.17) is 9.47 Å². The highest BCUT2D eigenvalue weighted by molar-refractivity contribution is 5.78. The summed E-state index contributed by atoms with van der Waals surface area (Å²) in [5, 5.41) is 3.20. The van der Waals surface area contributed by atoms with Gasteiger partial charge in [0, 0.05) is 13.1 Å². The molecule has 110 valence electrons. The first kappa shape index (κ1) is 14.8. The molecule has 1 aromatic rings. The van der Waals surface area contributed by atoms with Crippen LogP contribution in [-0.4, -0.2) is 57.3 Å². The molecule has 1 saturated heterocycles. The van der Waals surface area contributed by atoms with Crippen LogP contribution in [0.5, 0.6) is 5.75 Å². The van der Waals surface area contributed by atoms with Crippen molar-refractivity contribution in [1.29, 1.82) is 0 Å². The van der Waals surface area contributed by atoms with Crippen molar-refractivity contribution in [1.82, 2.24) is 10.2 Å². The quantitative estimate of drug-likeness (QED) is 0.778. The minimum absolute atomic E-state index is 0.156. The average molecular weight is 278 g/mol. The Balaban J connectivity index is 1.64. The third-order valence-corrected chi connectivity index (χ3v) is 3.39. The summed E-state index contributed by atoms with van der Waals surface area (Å²) >= 11 is 0. The van der Waals surface area contributed by atoms with Gasteiger partial charge in [-0.15, -0.1) is 0 Å². The lowest BCUT2D eigenvalue weighted by Crippen LogP contribution is -2.44. The predicted octanol–water partition coefficient (Wildman–Crippen LogP) is 0.686. The highest BCUT2D eigenvalue weighted by atomic mass is 16.5. The fourth-order valence-electron chi connectivity index (χ4n) is 2.14. The fourth-order valence-corrected chi connectivity index (χ4v) is 2.14. The van der Waals surface area contributed by atoms with Gasteiger partial charge in [-0.1, -0.05) is 12.1 Å². The van der Waals surface area contributed by atoms with Crippen LogP contribution in [0, 0.1) is 0 Å². The molecule has 1 fully saturated rings. The number of hydrogen-bond donors (Lipinski definition) is 1. The number of methoxy groups -OCH3 is 1. The Labute approximate surface area is 119 Å². The Morgan fingerprint density at radius 3 is 2.65 bits per heavy atom. The Hall–Kier alpha value is -1.59. The maximum absolute atomic E-state index is 11.9. The molecule has 0 radical (unpaired) electrons. The molecule has 0 bridgehead atoms. The highest BCUT2D eigenvalue weighted by Gasteiger charge is 2.15. The molecule has 5 nitrogen and oxygen atoms in total. The molecule has 2 rings (SSSR count). The van der Waals surface area contributed by atoms with Gasteiger partial charge in [-0.2, -0.15) is 0 Å². The van der Waals surface area contributed by atoms with Crippen molar-refractivity contribution in [2.75, 3.05) is 46.5 Å². The second-order valence-electron chi connectivity index (χ2n) is 4.77. The first-order valence-electron chi connectivity index (χ1n) is 6.99. The molecule has 5 heteroatoms. The number of benzene rings is 1. The van der Waals surface area contributed by atoms with Gasteiger partial charge in [0.25, 0.3) is 0 Å². The van der Waals surface area contributed by atoms with Gasteiger partial charge in [-0.3, -0.25) is 4.79 Å². The molecule has 1 amide bonds. The molecule has 0 aromatic heterocycles. The number of rotatable bonds is 6. The predicted molar refractivity (Wildman–Crippen MR) is 77.0 cm³/mol. The summed E-state index contributed by atoms with van der Waals surface area (Å²) in [7, 11) is 1.66. The SMILES string of the molecule is COc1ccc(CCNCC(=O)N2CCOCC2)cc1. The molecule has 20 heavy (non-hydrogen) atoms. The minimum Gasteiger partial charge on any atom is -0.497 e. The topological polar surface area (TPSA) is 50.8 Å². The third kappa shape index (κ3) is 4.51. The molecule has 0 atom stereocenters. The van der Waals surface area contributed by atoms with Crippen LogP contribution in [0.2, 0.25) is 0 Å². The minimum atomic E-state index is 0.156. The van der Waals surface area contributed by atoms with E-state index >= 15 is 0 Å². The van der Waals surface area contributed by atoms with Gasteiger partial charge < -0.3 is 19.7 Å². The van der Waals surface area contributed by atoms with E-state index in [0.29, 0.717) is 32.8 Å². The number of ether oxygens (including phenoxy) is 2. The van der Waals surface area contributed by atoms with Crippen LogP contribution in [0.3, 0.4) is 0 Å². The normalized spacial score (nSPS) is 15.2. The summed E-state index contributed by atoms with van der Waals surface area (Å²) in [6.45, 7) is 3.91. The zero-order valence-corrected chi connectivity index (χ0v) is 11.9. The lowest BCUT2D eigenvalue weighted by atomic mass is 10.1. The first-order chi connectivity index (χ1) is 9.79. The summed E-state index contributed by atoms with van der Waals surface area (Å²) in [6, 6.07) is 8.00. The van der Waals surface area contributed by atoms with Crippen LogP contribution in [0.1, 0.15) is 5.56 Å². The molecule has 1 aliphatic heterocycles. The molecular formula is C15H22N2O3. The van der Waals surface area contributed by atoms with Gasteiger partial charge >= 0.3 is 0 Å². The van der Waals surface area contributed by atoms with Crippen molar-refractivity contribution in [3.8, 4) is 5.75 Å². The summed E-state index contributed by atoms with van der Waals surface area (Å²) in [6.07, 6.45) is 0.903. The number of nitrogens with one attached hydrogen (secondary N) is 1. The summed E-state index contributed by atoms with van der Waals surface area (Å²) in [5.74, 6) is 1.02. The lowest BCUT2D eigenvalue weighted by molar-refractivity contribution is -0.134. The number of carbonyl (C=O) groups is 1. The van der Waals surface area contributed by atoms with Crippen molar-refractivity contribution in [2.45, 2.75) is 6.42 Å². The van der Waals surface area contributed by atoms with Crippen LogP contribution in [-0.2, 0) is 16.0 Å². The Morgan fingerprint density at radius 2 is 2.00 bits per heavy atom. The van der Waals surface area contributed by atoms with Crippen LogP contribution in [0.15, 0.2) is 24.3 Å². The maximum atomic E-state index is 11.9. The zero-order valence-electron chi connectivity index (χ0n) is 11.9. The largest absolute Gasteiger partial charge is 0.497 e. The molecule has 0 spiro atoms. The van der Waals surface area contributed by atoms with E-state index in [1.165, 1.54) is 5.56 Å². The molecule has 1 aliphatic rings. The zero-order chi connectivity index (χ0) is 14.2.